The number of hydrogen-bond donors (Lipinski definition) is 1. The number of benzene rings is 1. The summed E-state index contributed by atoms with van der Waals surface area (Å²) in [4.78, 5) is 37.0. The molecule has 0 bridgehead atoms. The van der Waals surface area contributed by atoms with Crippen molar-refractivity contribution in [1.29, 1.82) is 0 Å². The van der Waals surface area contributed by atoms with Gasteiger partial charge in [0.15, 0.2) is 6.61 Å². The van der Waals surface area contributed by atoms with Crippen LogP contribution in [0.4, 0.5) is 5.69 Å². The van der Waals surface area contributed by atoms with Crippen molar-refractivity contribution in [1.82, 2.24) is 4.90 Å². The van der Waals surface area contributed by atoms with E-state index >= 15 is 0 Å². The standard InChI is InChI=1S/C16H17Cl3N2O4/c17-10-6-11(18)16(12(19)7-10)20-13(22)9-25-15(24)8-21-5-3-1-2-4-14(21)23/h6-7H,1-5,8-9H2,(H,20,22). The lowest BCUT2D eigenvalue weighted by Gasteiger charge is -2.19. The maximum absolute atomic E-state index is 11.9. The Morgan fingerprint density at radius 2 is 1.80 bits per heavy atom. The fraction of sp³-hybridized carbons (Fsp3) is 0.438. The maximum Gasteiger partial charge on any atom is 0.326 e. The van der Waals surface area contributed by atoms with Crippen LogP contribution < -0.4 is 5.32 Å². The molecule has 0 spiro atoms. The summed E-state index contributed by atoms with van der Waals surface area (Å²) in [5.74, 6) is -1.31. The first-order chi connectivity index (χ1) is 11.9. The van der Waals surface area contributed by atoms with Crippen LogP contribution in [0.1, 0.15) is 25.7 Å². The Hall–Kier alpha value is -1.50. The first-order valence-corrected chi connectivity index (χ1v) is 8.88. The van der Waals surface area contributed by atoms with E-state index in [9.17, 15) is 14.4 Å². The van der Waals surface area contributed by atoms with Crippen LogP contribution in [0.2, 0.25) is 15.1 Å². The van der Waals surface area contributed by atoms with Gasteiger partial charge in [0.25, 0.3) is 5.91 Å². The number of amides is 2. The molecule has 1 aliphatic rings. The van der Waals surface area contributed by atoms with Gasteiger partial charge in [0.1, 0.15) is 6.54 Å². The Balaban J connectivity index is 1.83. The van der Waals surface area contributed by atoms with Crippen LogP contribution in [0.25, 0.3) is 0 Å². The molecule has 1 N–H and O–H groups in total. The molecule has 1 fully saturated rings. The Labute approximate surface area is 160 Å². The normalized spacial score (nSPS) is 14.8. The van der Waals surface area contributed by atoms with Crippen molar-refractivity contribution >= 4 is 58.3 Å². The first-order valence-electron chi connectivity index (χ1n) is 7.74. The molecule has 0 radical (unpaired) electrons. The molecule has 1 aromatic carbocycles. The molecule has 0 atom stereocenters. The molecule has 0 aromatic heterocycles. The Kier molecular flexibility index (Phi) is 7.35. The monoisotopic (exact) mass is 406 g/mol. The Bertz CT molecular complexity index is 658. The summed E-state index contributed by atoms with van der Waals surface area (Å²) in [6.07, 6.45) is 3.08. The van der Waals surface area contributed by atoms with Gasteiger partial charge in [0.2, 0.25) is 5.91 Å². The van der Waals surface area contributed by atoms with Crippen LogP contribution in [0, 0.1) is 0 Å². The lowest BCUT2D eigenvalue weighted by atomic mass is 10.2. The van der Waals surface area contributed by atoms with E-state index in [1.165, 1.54) is 17.0 Å². The van der Waals surface area contributed by atoms with Crippen molar-refractivity contribution in [3.63, 3.8) is 0 Å². The van der Waals surface area contributed by atoms with Crippen molar-refractivity contribution in [2.45, 2.75) is 25.7 Å². The van der Waals surface area contributed by atoms with Gasteiger partial charge in [-0.3, -0.25) is 14.4 Å². The summed E-state index contributed by atoms with van der Waals surface area (Å²) < 4.78 is 4.91. The van der Waals surface area contributed by atoms with Gasteiger partial charge in [0, 0.05) is 18.0 Å². The summed E-state index contributed by atoms with van der Waals surface area (Å²) in [7, 11) is 0. The lowest BCUT2D eigenvalue weighted by molar-refractivity contribution is -0.151. The van der Waals surface area contributed by atoms with Crippen molar-refractivity contribution in [2.75, 3.05) is 25.0 Å². The Morgan fingerprint density at radius 3 is 2.48 bits per heavy atom. The number of rotatable bonds is 5. The predicted octanol–water partition coefficient (Wildman–Crippen LogP) is 3.53. The molecule has 136 valence electrons. The highest BCUT2D eigenvalue weighted by Crippen LogP contribution is 2.33. The third kappa shape index (κ3) is 6.06. The number of hydrogen-bond acceptors (Lipinski definition) is 4. The molecule has 2 rings (SSSR count). The number of ether oxygens (including phenoxy) is 1. The molecular weight excluding hydrogens is 391 g/mol. The first kappa shape index (κ1) is 19.8. The number of esters is 1. The maximum atomic E-state index is 11.9. The summed E-state index contributed by atoms with van der Waals surface area (Å²) in [6.45, 7) is -0.138. The molecule has 9 heteroatoms. The van der Waals surface area contributed by atoms with E-state index in [0.717, 1.165) is 19.3 Å². The summed E-state index contributed by atoms with van der Waals surface area (Å²) in [5.41, 5.74) is 0.191. The van der Waals surface area contributed by atoms with Crippen LogP contribution in [-0.2, 0) is 19.1 Å². The molecule has 1 saturated heterocycles. The average Bonchev–Trinajstić information content (AvgIpc) is 2.74. The van der Waals surface area contributed by atoms with E-state index in [1.807, 2.05) is 0 Å². The van der Waals surface area contributed by atoms with Crippen molar-refractivity contribution in [2.24, 2.45) is 0 Å². The van der Waals surface area contributed by atoms with E-state index in [1.54, 1.807) is 0 Å². The van der Waals surface area contributed by atoms with E-state index < -0.39 is 18.5 Å². The SMILES string of the molecule is O=C(COC(=O)CN1CCCCCC1=O)Nc1c(Cl)cc(Cl)cc1Cl. The third-order valence-corrected chi connectivity index (χ3v) is 4.44. The number of nitrogens with zero attached hydrogens (tertiary/aromatic N) is 1. The molecule has 1 aliphatic heterocycles. The lowest BCUT2D eigenvalue weighted by Crippen LogP contribution is -2.36. The zero-order chi connectivity index (χ0) is 18.4. The molecule has 25 heavy (non-hydrogen) atoms. The van der Waals surface area contributed by atoms with Crippen LogP contribution >= 0.6 is 34.8 Å². The van der Waals surface area contributed by atoms with Gasteiger partial charge in [-0.05, 0) is 25.0 Å². The quantitative estimate of drug-likeness (QED) is 0.758. The topological polar surface area (TPSA) is 75.7 Å². The van der Waals surface area contributed by atoms with Crippen LogP contribution in [0.3, 0.4) is 0 Å². The highest BCUT2D eigenvalue weighted by Gasteiger charge is 2.20. The number of anilines is 1. The summed E-state index contributed by atoms with van der Waals surface area (Å²) >= 11 is 17.7. The minimum Gasteiger partial charge on any atom is -0.454 e. The highest BCUT2D eigenvalue weighted by atomic mass is 35.5. The molecule has 1 aromatic rings. The van der Waals surface area contributed by atoms with E-state index in [-0.39, 0.29) is 28.2 Å². The number of carbonyl (C=O) groups excluding carboxylic acids is 3. The Morgan fingerprint density at radius 1 is 1.12 bits per heavy atom. The van der Waals surface area contributed by atoms with Gasteiger partial charge in [-0.15, -0.1) is 0 Å². The highest BCUT2D eigenvalue weighted by molar-refractivity contribution is 6.42. The second kappa shape index (κ2) is 9.27. The predicted molar refractivity (Wildman–Crippen MR) is 96.1 cm³/mol. The molecule has 0 aliphatic carbocycles. The van der Waals surface area contributed by atoms with Crippen molar-refractivity contribution in [3.05, 3.63) is 27.2 Å². The average molecular weight is 408 g/mol. The summed E-state index contributed by atoms with van der Waals surface area (Å²) in [5, 5.41) is 3.15. The number of carbonyl (C=O) groups is 3. The van der Waals surface area contributed by atoms with E-state index in [4.69, 9.17) is 39.5 Å². The van der Waals surface area contributed by atoms with Gasteiger partial charge >= 0.3 is 5.97 Å². The zero-order valence-corrected chi connectivity index (χ0v) is 15.6. The molecule has 2 amide bonds. The van der Waals surface area contributed by atoms with Gasteiger partial charge in [-0.25, -0.2) is 0 Å². The molecule has 0 saturated carbocycles. The van der Waals surface area contributed by atoms with Crippen LogP contribution in [0.5, 0.6) is 0 Å². The largest absolute Gasteiger partial charge is 0.454 e. The second-order valence-corrected chi connectivity index (χ2v) is 6.83. The number of nitrogens with one attached hydrogen (secondary N) is 1. The minimum absolute atomic E-state index is 0.0707. The second-order valence-electron chi connectivity index (χ2n) is 5.58. The van der Waals surface area contributed by atoms with Gasteiger partial charge in [0.05, 0.1) is 15.7 Å². The van der Waals surface area contributed by atoms with Crippen molar-refractivity contribution < 1.29 is 19.1 Å². The van der Waals surface area contributed by atoms with E-state index in [2.05, 4.69) is 5.32 Å². The van der Waals surface area contributed by atoms with Crippen LogP contribution in [-0.4, -0.2) is 42.4 Å². The number of likely N-dealkylation sites (tertiary alicyclic amines) is 1. The van der Waals surface area contributed by atoms with Crippen LogP contribution in [0.15, 0.2) is 12.1 Å². The smallest absolute Gasteiger partial charge is 0.326 e. The fourth-order valence-corrected chi connectivity index (χ4v) is 3.30. The van der Waals surface area contributed by atoms with Gasteiger partial charge in [-0.1, -0.05) is 41.2 Å². The zero-order valence-electron chi connectivity index (χ0n) is 13.3. The molecule has 0 unspecified atom stereocenters. The third-order valence-electron chi connectivity index (χ3n) is 3.63. The van der Waals surface area contributed by atoms with Gasteiger partial charge in [-0.2, -0.15) is 0 Å². The van der Waals surface area contributed by atoms with Gasteiger partial charge < -0.3 is 15.0 Å². The van der Waals surface area contributed by atoms with Crippen molar-refractivity contribution in [3.8, 4) is 0 Å². The molecular formula is C16H17Cl3N2O4. The fourth-order valence-electron chi connectivity index (χ4n) is 2.39. The summed E-state index contributed by atoms with van der Waals surface area (Å²) in [6, 6.07) is 2.86. The minimum atomic E-state index is -0.640. The number of halogens is 3. The molecule has 1 heterocycles. The van der Waals surface area contributed by atoms with E-state index in [0.29, 0.717) is 18.0 Å². The molecule has 6 nitrogen and oxygen atoms in total.